The van der Waals surface area contributed by atoms with Gasteiger partial charge in [-0.3, -0.25) is 0 Å². The fourth-order valence-corrected chi connectivity index (χ4v) is 3.12. The molecule has 1 aromatic carbocycles. The summed E-state index contributed by atoms with van der Waals surface area (Å²) in [5.41, 5.74) is 0.804. The van der Waals surface area contributed by atoms with Crippen molar-refractivity contribution in [3.05, 3.63) is 29.3 Å². The molecule has 1 saturated heterocycles. The average Bonchev–Trinajstić information content (AvgIpc) is 2.39. The van der Waals surface area contributed by atoms with Crippen LogP contribution in [0.3, 0.4) is 0 Å². The van der Waals surface area contributed by atoms with E-state index in [1.54, 1.807) is 0 Å². The van der Waals surface area contributed by atoms with Gasteiger partial charge >= 0.3 is 0 Å². The highest BCUT2D eigenvalue weighted by atomic mass is 32.2. The molecule has 0 aromatic heterocycles. The Balaban J connectivity index is 2.12. The summed E-state index contributed by atoms with van der Waals surface area (Å²) < 4.78 is 28.2. The van der Waals surface area contributed by atoms with Crippen molar-refractivity contribution in [3.63, 3.8) is 0 Å². The first-order chi connectivity index (χ1) is 9.22. The van der Waals surface area contributed by atoms with E-state index in [1.807, 2.05) is 16.7 Å². The number of thioether (sulfide) groups is 1. The molecule has 0 atom stereocenters. The summed E-state index contributed by atoms with van der Waals surface area (Å²) >= 11 is 1.83. The SMILES string of the molecule is CCCNCc1cc(F)c(N2CCSCC2)c(F)c1. The zero-order valence-electron chi connectivity index (χ0n) is 11.2. The molecule has 1 fully saturated rings. The van der Waals surface area contributed by atoms with Crippen LogP contribution in [0.5, 0.6) is 0 Å². The largest absolute Gasteiger partial charge is 0.365 e. The van der Waals surface area contributed by atoms with Gasteiger partial charge in [-0.2, -0.15) is 11.8 Å². The molecule has 2 rings (SSSR count). The van der Waals surface area contributed by atoms with Crippen molar-refractivity contribution < 1.29 is 8.78 Å². The molecule has 106 valence electrons. The third-order valence-corrected chi connectivity index (χ3v) is 4.10. The van der Waals surface area contributed by atoms with Crippen molar-refractivity contribution in [2.75, 3.05) is 36.0 Å². The molecule has 2 nitrogen and oxygen atoms in total. The second kappa shape index (κ2) is 7.10. The van der Waals surface area contributed by atoms with Gasteiger partial charge in [-0.1, -0.05) is 6.92 Å². The molecule has 1 heterocycles. The lowest BCUT2D eigenvalue weighted by molar-refractivity contribution is 0.566. The first-order valence-corrected chi connectivity index (χ1v) is 7.89. The molecular formula is C14H20F2N2S. The molecule has 1 aromatic rings. The summed E-state index contributed by atoms with van der Waals surface area (Å²) in [6.07, 6.45) is 1.01. The van der Waals surface area contributed by atoms with Crippen LogP contribution in [0, 0.1) is 11.6 Å². The van der Waals surface area contributed by atoms with Crippen molar-refractivity contribution in [1.29, 1.82) is 0 Å². The second-order valence-electron chi connectivity index (χ2n) is 4.68. The first-order valence-electron chi connectivity index (χ1n) is 6.73. The van der Waals surface area contributed by atoms with Gasteiger partial charge in [0.25, 0.3) is 0 Å². The third-order valence-electron chi connectivity index (χ3n) is 3.16. The molecule has 0 amide bonds. The molecule has 1 aliphatic rings. The number of nitrogens with zero attached hydrogens (tertiary/aromatic N) is 1. The van der Waals surface area contributed by atoms with Gasteiger partial charge in [-0.25, -0.2) is 8.78 Å². The van der Waals surface area contributed by atoms with Crippen LogP contribution in [0.25, 0.3) is 0 Å². The molecule has 1 aliphatic heterocycles. The van der Waals surface area contributed by atoms with Crippen LogP contribution >= 0.6 is 11.8 Å². The third kappa shape index (κ3) is 3.83. The van der Waals surface area contributed by atoms with Gasteiger partial charge in [0.15, 0.2) is 0 Å². The number of anilines is 1. The first kappa shape index (κ1) is 14.6. The van der Waals surface area contributed by atoms with E-state index in [0.717, 1.165) is 24.5 Å². The van der Waals surface area contributed by atoms with Gasteiger partial charge < -0.3 is 10.2 Å². The van der Waals surface area contributed by atoms with Crippen LogP contribution in [-0.4, -0.2) is 31.1 Å². The standard InChI is InChI=1S/C14H20F2N2S/c1-2-3-17-10-11-8-12(15)14(13(16)9-11)18-4-6-19-7-5-18/h8-9,17H,2-7,10H2,1H3. The monoisotopic (exact) mass is 286 g/mol. The Morgan fingerprint density at radius 2 is 1.84 bits per heavy atom. The van der Waals surface area contributed by atoms with Gasteiger partial charge in [0.2, 0.25) is 0 Å². The average molecular weight is 286 g/mol. The molecule has 1 N–H and O–H groups in total. The zero-order valence-corrected chi connectivity index (χ0v) is 12.0. The van der Waals surface area contributed by atoms with Crippen molar-refractivity contribution in [1.82, 2.24) is 5.32 Å². The Bertz CT molecular complexity index is 397. The predicted molar refractivity (Wildman–Crippen MR) is 77.9 cm³/mol. The maximum absolute atomic E-state index is 14.1. The van der Waals surface area contributed by atoms with E-state index in [0.29, 0.717) is 25.2 Å². The normalized spacial score (nSPS) is 15.8. The Labute approximate surface area is 117 Å². The number of hydrogen-bond acceptors (Lipinski definition) is 3. The van der Waals surface area contributed by atoms with Gasteiger partial charge in [0, 0.05) is 31.1 Å². The van der Waals surface area contributed by atoms with E-state index >= 15 is 0 Å². The van der Waals surface area contributed by atoms with E-state index in [9.17, 15) is 8.78 Å². The second-order valence-corrected chi connectivity index (χ2v) is 5.91. The summed E-state index contributed by atoms with van der Waals surface area (Å²) in [6, 6.07) is 2.89. The Morgan fingerprint density at radius 1 is 1.21 bits per heavy atom. The lowest BCUT2D eigenvalue weighted by Gasteiger charge is -2.29. The number of hydrogen-bond donors (Lipinski definition) is 1. The van der Waals surface area contributed by atoms with Crippen LogP contribution in [0.1, 0.15) is 18.9 Å². The topological polar surface area (TPSA) is 15.3 Å². The lowest BCUT2D eigenvalue weighted by atomic mass is 10.1. The summed E-state index contributed by atoms with van der Waals surface area (Å²) in [5, 5.41) is 3.15. The molecular weight excluding hydrogens is 266 g/mol. The minimum Gasteiger partial charge on any atom is -0.365 e. The summed E-state index contributed by atoms with van der Waals surface area (Å²) in [7, 11) is 0. The maximum Gasteiger partial charge on any atom is 0.149 e. The summed E-state index contributed by atoms with van der Waals surface area (Å²) in [5.74, 6) is 0.970. The highest BCUT2D eigenvalue weighted by Crippen LogP contribution is 2.27. The zero-order chi connectivity index (χ0) is 13.7. The van der Waals surface area contributed by atoms with Crippen LogP contribution in [0.15, 0.2) is 12.1 Å². The number of halogens is 2. The highest BCUT2D eigenvalue weighted by Gasteiger charge is 2.19. The molecule has 0 saturated carbocycles. The Kier molecular flexibility index (Phi) is 5.45. The molecule has 0 radical (unpaired) electrons. The van der Waals surface area contributed by atoms with Gasteiger partial charge in [-0.15, -0.1) is 0 Å². The van der Waals surface area contributed by atoms with Crippen LogP contribution in [0.2, 0.25) is 0 Å². The summed E-state index contributed by atoms with van der Waals surface area (Å²) in [6.45, 7) is 4.86. The number of nitrogens with one attached hydrogen (secondary N) is 1. The van der Waals surface area contributed by atoms with E-state index in [1.165, 1.54) is 12.1 Å². The molecule has 0 aliphatic carbocycles. The van der Waals surface area contributed by atoms with Crippen LogP contribution < -0.4 is 10.2 Å². The van der Waals surface area contributed by atoms with Gasteiger partial charge in [0.05, 0.1) is 0 Å². The van der Waals surface area contributed by atoms with E-state index in [4.69, 9.17) is 0 Å². The van der Waals surface area contributed by atoms with Crippen LogP contribution in [-0.2, 0) is 6.54 Å². The van der Waals surface area contributed by atoms with E-state index < -0.39 is 11.6 Å². The smallest absolute Gasteiger partial charge is 0.149 e. The summed E-state index contributed by atoms with van der Waals surface area (Å²) in [4.78, 5) is 1.81. The fraction of sp³-hybridized carbons (Fsp3) is 0.571. The quantitative estimate of drug-likeness (QED) is 0.838. The lowest BCUT2D eigenvalue weighted by Crippen LogP contribution is -2.34. The number of benzene rings is 1. The van der Waals surface area contributed by atoms with E-state index in [2.05, 4.69) is 12.2 Å². The Morgan fingerprint density at radius 3 is 2.42 bits per heavy atom. The van der Waals surface area contributed by atoms with Crippen molar-refractivity contribution in [2.45, 2.75) is 19.9 Å². The molecule has 5 heteroatoms. The minimum absolute atomic E-state index is 0.138. The van der Waals surface area contributed by atoms with Crippen molar-refractivity contribution >= 4 is 17.4 Å². The fourth-order valence-electron chi connectivity index (χ4n) is 2.22. The molecule has 0 spiro atoms. The van der Waals surface area contributed by atoms with Crippen LogP contribution in [0.4, 0.5) is 14.5 Å². The molecule has 0 bridgehead atoms. The maximum atomic E-state index is 14.1. The Hall–Kier alpha value is -0.810. The molecule has 19 heavy (non-hydrogen) atoms. The molecule has 0 unspecified atom stereocenters. The van der Waals surface area contributed by atoms with Crippen molar-refractivity contribution in [2.24, 2.45) is 0 Å². The number of rotatable bonds is 5. The highest BCUT2D eigenvalue weighted by molar-refractivity contribution is 7.99. The van der Waals surface area contributed by atoms with Gasteiger partial charge in [-0.05, 0) is 30.7 Å². The van der Waals surface area contributed by atoms with Crippen molar-refractivity contribution in [3.8, 4) is 0 Å². The van der Waals surface area contributed by atoms with E-state index in [-0.39, 0.29) is 5.69 Å². The minimum atomic E-state index is -0.444. The van der Waals surface area contributed by atoms with Gasteiger partial charge in [0.1, 0.15) is 17.3 Å². The predicted octanol–water partition coefficient (Wildman–Crippen LogP) is 3.02.